The van der Waals surface area contributed by atoms with Crippen molar-refractivity contribution in [1.82, 2.24) is 9.97 Å². The molecule has 0 bridgehead atoms. The molecule has 3 rings (SSSR count). The van der Waals surface area contributed by atoms with Gasteiger partial charge in [-0.1, -0.05) is 24.3 Å². The van der Waals surface area contributed by atoms with Crippen LogP contribution in [0.3, 0.4) is 0 Å². The van der Waals surface area contributed by atoms with Crippen molar-refractivity contribution >= 4 is 33.7 Å². The summed E-state index contributed by atoms with van der Waals surface area (Å²) in [7, 11) is 0. The number of carbonyl (C=O) groups is 1. The van der Waals surface area contributed by atoms with Crippen LogP contribution < -0.4 is 11.1 Å². The molecule has 1 amide bonds. The van der Waals surface area contributed by atoms with Crippen LogP contribution in [-0.2, 0) is 17.8 Å². The SMILES string of the molecule is NCc1ccccc1-c1nc(CC(=O)Nc2nccs2)cs1. The summed E-state index contributed by atoms with van der Waals surface area (Å²) < 4.78 is 0. The van der Waals surface area contributed by atoms with E-state index in [0.717, 1.165) is 21.8 Å². The van der Waals surface area contributed by atoms with Gasteiger partial charge in [0.25, 0.3) is 0 Å². The Hall–Kier alpha value is -2.09. The molecule has 7 heteroatoms. The second-order valence-electron chi connectivity index (χ2n) is 4.57. The minimum absolute atomic E-state index is 0.112. The highest BCUT2D eigenvalue weighted by Crippen LogP contribution is 2.27. The summed E-state index contributed by atoms with van der Waals surface area (Å²) in [5.41, 5.74) is 8.59. The summed E-state index contributed by atoms with van der Waals surface area (Å²) in [6, 6.07) is 7.92. The molecule has 2 aromatic heterocycles. The molecular weight excluding hydrogens is 316 g/mol. The Kier molecular flexibility index (Phi) is 4.57. The fraction of sp³-hybridized carbons (Fsp3) is 0.133. The molecule has 112 valence electrons. The van der Waals surface area contributed by atoms with Crippen LogP contribution in [-0.4, -0.2) is 15.9 Å². The lowest BCUT2D eigenvalue weighted by molar-refractivity contribution is -0.115. The number of nitrogens with one attached hydrogen (secondary N) is 1. The maximum absolute atomic E-state index is 11.9. The van der Waals surface area contributed by atoms with Crippen LogP contribution in [0.15, 0.2) is 41.2 Å². The molecule has 0 atom stereocenters. The molecule has 0 saturated carbocycles. The third kappa shape index (κ3) is 3.38. The van der Waals surface area contributed by atoms with Crippen LogP contribution >= 0.6 is 22.7 Å². The Morgan fingerprint density at radius 1 is 1.27 bits per heavy atom. The van der Waals surface area contributed by atoms with Crippen LogP contribution in [0.1, 0.15) is 11.3 Å². The van der Waals surface area contributed by atoms with E-state index in [-0.39, 0.29) is 12.3 Å². The van der Waals surface area contributed by atoms with E-state index >= 15 is 0 Å². The molecule has 5 nitrogen and oxygen atoms in total. The van der Waals surface area contributed by atoms with Crippen molar-refractivity contribution in [3.63, 3.8) is 0 Å². The fourth-order valence-electron chi connectivity index (χ4n) is 2.03. The van der Waals surface area contributed by atoms with Gasteiger partial charge in [0, 0.05) is 29.1 Å². The number of nitrogens with two attached hydrogens (primary N) is 1. The van der Waals surface area contributed by atoms with Crippen molar-refractivity contribution in [2.24, 2.45) is 5.73 Å². The van der Waals surface area contributed by atoms with E-state index in [1.165, 1.54) is 22.7 Å². The van der Waals surface area contributed by atoms with Gasteiger partial charge in [0.2, 0.25) is 5.91 Å². The minimum Gasteiger partial charge on any atom is -0.326 e. The van der Waals surface area contributed by atoms with E-state index in [2.05, 4.69) is 15.3 Å². The summed E-state index contributed by atoms with van der Waals surface area (Å²) in [5.74, 6) is -0.112. The molecule has 0 aliphatic rings. The fourth-order valence-corrected chi connectivity index (χ4v) is 3.46. The second kappa shape index (κ2) is 6.78. The Balaban J connectivity index is 1.72. The van der Waals surface area contributed by atoms with Crippen LogP contribution in [0.25, 0.3) is 10.6 Å². The lowest BCUT2D eigenvalue weighted by Crippen LogP contribution is -2.14. The largest absolute Gasteiger partial charge is 0.326 e. The molecule has 3 aromatic rings. The first-order chi connectivity index (χ1) is 10.8. The van der Waals surface area contributed by atoms with Crippen molar-refractivity contribution < 1.29 is 4.79 Å². The smallest absolute Gasteiger partial charge is 0.232 e. The van der Waals surface area contributed by atoms with E-state index in [9.17, 15) is 4.79 Å². The van der Waals surface area contributed by atoms with E-state index < -0.39 is 0 Å². The summed E-state index contributed by atoms with van der Waals surface area (Å²) in [4.78, 5) is 20.5. The zero-order valence-electron chi connectivity index (χ0n) is 11.7. The monoisotopic (exact) mass is 330 g/mol. The highest BCUT2D eigenvalue weighted by atomic mass is 32.1. The van der Waals surface area contributed by atoms with Gasteiger partial charge >= 0.3 is 0 Å². The van der Waals surface area contributed by atoms with E-state index in [1.54, 1.807) is 6.20 Å². The quantitative estimate of drug-likeness (QED) is 0.754. The average Bonchev–Trinajstić information content (AvgIpc) is 3.19. The highest BCUT2D eigenvalue weighted by Gasteiger charge is 2.11. The first kappa shape index (κ1) is 14.8. The molecule has 0 aliphatic carbocycles. The average molecular weight is 330 g/mol. The molecule has 0 radical (unpaired) electrons. The van der Waals surface area contributed by atoms with Gasteiger partial charge in [0.1, 0.15) is 5.01 Å². The van der Waals surface area contributed by atoms with Crippen molar-refractivity contribution in [2.45, 2.75) is 13.0 Å². The molecule has 0 aliphatic heterocycles. The number of aromatic nitrogens is 2. The highest BCUT2D eigenvalue weighted by molar-refractivity contribution is 7.13. The summed E-state index contributed by atoms with van der Waals surface area (Å²) in [6.45, 7) is 0.468. The number of thiazole rings is 2. The predicted molar refractivity (Wildman–Crippen MR) is 89.9 cm³/mol. The molecule has 0 saturated heterocycles. The predicted octanol–water partition coefficient (Wildman–Crippen LogP) is 2.91. The van der Waals surface area contributed by atoms with Crippen molar-refractivity contribution in [3.8, 4) is 10.6 Å². The number of hydrogen-bond donors (Lipinski definition) is 2. The van der Waals surface area contributed by atoms with Gasteiger partial charge in [0.15, 0.2) is 5.13 Å². The number of nitrogens with zero attached hydrogens (tertiary/aromatic N) is 2. The van der Waals surface area contributed by atoms with Crippen LogP contribution in [0.2, 0.25) is 0 Å². The lowest BCUT2D eigenvalue weighted by Gasteiger charge is -2.03. The van der Waals surface area contributed by atoms with Gasteiger partial charge in [-0.2, -0.15) is 0 Å². The number of benzene rings is 1. The van der Waals surface area contributed by atoms with E-state index in [1.807, 2.05) is 35.0 Å². The maximum Gasteiger partial charge on any atom is 0.232 e. The molecule has 1 aromatic carbocycles. The van der Waals surface area contributed by atoms with Gasteiger partial charge in [0.05, 0.1) is 12.1 Å². The zero-order valence-corrected chi connectivity index (χ0v) is 13.3. The summed E-state index contributed by atoms with van der Waals surface area (Å²) >= 11 is 2.92. The molecule has 3 N–H and O–H groups in total. The molecule has 22 heavy (non-hydrogen) atoms. The van der Waals surface area contributed by atoms with Gasteiger partial charge < -0.3 is 11.1 Å². The number of carbonyl (C=O) groups excluding carboxylic acids is 1. The minimum atomic E-state index is -0.112. The van der Waals surface area contributed by atoms with Gasteiger partial charge in [-0.3, -0.25) is 4.79 Å². The third-order valence-corrected chi connectivity index (χ3v) is 4.65. The number of anilines is 1. The molecule has 0 fully saturated rings. The van der Waals surface area contributed by atoms with Crippen LogP contribution in [0, 0.1) is 0 Å². The number of rotatable bonds is 5. The first-order valence-electron chi connectivity index (χ1n) is 6.68. The normalized spacial score (nSPS) is 10.6. The first-order valence-corrected chi connectivity index (χ1v) is 8.44. The van der Waals surface area contributed by atoms with E-state index in [4.69, 9.17) is 5.73 Å². The van der Waals surface area contributed by atoms with Crippen LogP contribution in [0.4, 0.5) is 5.13 Å². The van der Waals surface area contributed by atoms with Gasteiger partial charge in [-0.25, -0.2) is 9.97 Å². The summed E-state index contributed by atoms with van der Waals surface area (Å²) in [5, 5.41) is 7.97. The lowest BCUT2D eigenvalue weighted by atomic mass is 10.1. The van der Waals surface area contributed by atoms with Crippen molar-refractivity contribution in [3.05, 3.63) is 52.5 Å². The standard InChI is InChI=1S/C15H14N4OS2/c16-8-10-3-1-2-4-12(10)14-18-11(9-22-14)7-13(20)19-15-17-5-6-21-15/h1-6,9H,7-8,16H2,(H,17,19,20). The Morgan fingerprint density at radius 3 is 2.91 bits per heavy atom. The Morgan fingerprint density at radius 2 is 2.14 bits per heavy atom. The zero-order chi connectivity index (χ0) is 15.4. The second-order valence-corrected chi connectivity index (χ2v) is 6.32. The molecule has 0 unspecified atom stereocenters. The summed E-state index contributed by atoms with van der Waals surface area (Å²) in [6.07, 6.45) is 1.89. The van der Waals surface area contributed by atoms with Crippen molar-refractivity contribution in [1.29, 1.82) is 0 Å². The van der Waals surface area contributed by atoms with Crippen LogP contribution in [0.5, 0.6) is 0 Å². The van der Waals surface area contributed by atoms with E-state index in [0.29, 0.717) is 11.7 Å². The number of hydrogen-bond acceptors (Lipinski definition) is 6. The molecular formula is C15H14N4OS2. The van der Waals surface area contributed by atoms with Gasteiger partial charge in [-0.15, -0.1) is 22.7 Å². The van der Waals surface area contributed by atoms with Gasteiger partial charge in [-0.05, 0) is 5.56 Å². The van der Waals surface area contributed by atoms with Crippen molar-refractivity contribution in [2.75, 3.05) is 5.32 Å². The maximum atomic E-state index is 11.9. The molecule has 2 heterocycles. The Labute approximate surface area is 135 Å². The Bertz CT molecular complexity index is 767. The molecule has 0 spiro atoms. The number of amides is 1. The third-order valence-electron chi connectivity index (χ3n) is 3.04. The topological polar surface area (TPSA) is 80.9 Å².